The monoisotopic (exact) mass is 450 g/mol. The SMILES string of the molecule is CCOc1ccc(OCC)c(NC(=O)[C@H]2CCCN(S(=O)(=O)c3cn(CC)cn3)C2)c1. The summed E-state index contributed by atoms with van der Waals surface area (Å²) in [5, 5.41) is 2.92. The van der Waals surface area contributed by atoms with E-state index in [1.54, 1.807) is 22.8 Å². The van der Waals surface area contributed by atoms with Crippen LogP contribution in [0.25, 0.3) is 0 Å². The van der Waals surface area contributed by atoms with Crippen LogP contribution in [0.1, 0.15) is 33.6 Å². The summed E-state index contributed by atoms with van der Waals surface area (Å²) in [4.78, 5) is 17.0. The van der Waals surface area contributed by atoms with Crippen LogP contribution < -0.4 is 14.8 Å². The van der Waals surface area contributed by atoms with Gasteiger partial charge in [0.25, 0.3) is 10.0 Å². The van der Waals surface area contributed by atoms with Crippen molar-refractivity contribution in [2.45, 2.75) is 45.2 Å². The average molecular weight is 451 g/mol. The van der Waals surface area contributed by atoms with Crippen LogP contribution in [0.2, 0.25) is 0 Å². The Morgan fingerprint density at radius 1 is 1.23 bits per heavy atom. The Morgan fingerprint density at radius 3 is 2.68 bits per heavy atom. The molecule has 1 amide bonds. The molecule has 1 fully saturated rings. The molecular weight excluding hydrogens is 420 g/mol. The first kappa shape index (κ1) is 23.1. The summed E-state index contributed by atoms with van der Waals surface area (Å²) in [5.74, 6) is 0.459. The van der Waals surface area contributed by atoms with Gasteiger partial charge in [-0.05, 0) is 45.7 Å². The van der Waals surface area contributed by atoms with E-state index < -0.39 is 15.9 Å². The number of imidazole rings is 1. The number of sulfonamides is 1. The maximum atomic E-state index is 13.0. The summed E-state index contributed by atoms with van der Waals surface area (Å²) in [6, 6.07) is 5.27. The van der Waals surface area contributed by atoms with Crippen molar-refractivity contribution in [1.29, 1.82) is 0 Å². The molecule has 1 aliphatic rings. The fourth-order valence-corrected chi connectivity index (χ4v) is 4.99. The van der Waals surface area contributed by atoms with Crippen molar-refractivity contribution in [2.24, 2.45) is 5.92 Å². The fraction of sp³-hybridized carbons (Fsp3) is 0.524. The highest BCUT2D eigenvalue weighted by molar-refractivity contribution is 7.89. The number of piperidine rings is 1. The van der Waals surface area contributed by atoms with Crippen LogP contribution in [-0.4, -0.2) is 54.5 Å². The van der Waals surface area contributed by atoms with Gasteiger partial charge in [-0.15, -0.1) is 0 Å². The topological polar surface area (TPSA) is 103 Å². The van der Waals surface area contributed by atoms with Crippen molar-refractivity contribution in [1.82, 2.24) is 13.9 Å². The Balaban J connectivity index is 1.74. The zero-order chi connectivity index (χ0) is 22.4. The van der Waals surface area contributed by atoms with Gasteiger partial charge in [0.1, 0.15) is 11.5 Å². The molecule has 1 atom stereocenters. The Morgan fingerprint density at radius 2 is 2.00 bits per heavy atom. The van der Waals surface area contributed by atoms with Crippen LogP contribution in [0.5, 0.6) is 11.5 Å². The van der Waals surface area contributed by atoms with Gasteiger partial charge in [0.05, 0.1) is 31.1 Å². The summed E-state index contributed by atoms with van der Waals surface area (Å²) in [6.07, 6.45) is 4.23. The summed E-state index contributed by atoms with van der Waals surface area (Å²) < 4.78 is 40.2. The molecule has 0 saturated carbocycles. The molecule has 0 aliphatic carbocycles. The molecule has 0 spiro atoms. The van der Waals surface area contributed by atoms with Crippen LogP contribution in [0.4, 0.5) is 5.69 Å². The summed E-state index contributed by atoms with van der Waals surface area (Å²) in [6.45, 7) is 7.74. The lowest BCUT2D eigenvalue weighted by molar-refractivity contribution is -0.120. The van der Waals surface area contributed by atoms with Crippen molar-refractivity contribution in [2.75, 3.05) is 31.6 Å². The van der Waals surface area contributed by atoms with E-state index in [0.29, 0.717) is 56.3 Å². The van der Waals surface area contributed by atoms with Gasteiger partial charge in [-0.3, -0.25) is 4.79 Å². The highest BCUT2D eigenvalue weighted by Gasteiger charge is 2.34. The molecule has 0 bridgehead atoms. The summed E-state index contributed by atoms with van der Waals surface area (Å²) in [7, 11) is -3.74. The minimum atomic E-state index is -3.74. The van der Waals surface area contributed by atoms with Crippen molar-refractivity contribution in [3.8, 4) is 11.5 Å². The van der Waals surface area contributed by atoms with Crippen LogP contribution in [0.3, 0.4) is 0 Å². The molecule has 2 heterocycles. The van der Waals surface area contributed by atoms with Crippen molar-refractivity contribution < 1.29 is 22.7 Å². The number of nitrogens with zero attached hydrogens (tertiary/aromatic N) is 3. The standard InChI is InChI=1S/C21H30N4O5S/c1-4-24-14-20(22-15-24)31(27,28)25-11-7-8-16(13-25)21(26)23-18-12-17(29-5-2)9-10-19(18)30-6-3/h9-10,12,14-16H,4-8,11,13H2,1-3H3,(H,23,26)/t16-/m0/s1. The number of amides is 1. The molecule has 31 heavy (non-hydrogen) atoms. The number of aryl methyl sites for hydroxylation is 1. The average Bonchev–Trinajstić information content (AvgIpc) is 3.26. The van der Waals surface area contributed by atoms with Gasteiger partial charge >= 0.3 is 0 Å². The molecule has 10 heteroatoms. The molecule has 1 saturated heterocycles. The van der Waals surface area contributed by atoms with E-state index in [9.17, 15) is 13.2 Å². The van der Waals surface area contributed by atoms with Gasteiger partial charge in [0.2, 0.25) is 5.91 Å². The molecule has 170 valence electrons. The van der Waals surface area contributed by atoms with Crippen LogP contribution in [-0.2, 0) is 21.4 Å². The number of nitrogens with one attached hydrogen (secondary N) is 1. The molecule has 9 nitrogen and oxygen atoms in total. The third-order valence-corrected chi connectivity index (χ3v) is 6.90. The van der Waals surface area contributed by atoms with Gasteiger partial charge in [-0.2, -0.15) is 4.31 Å². The predicted molar refractivity (Wildman–Crippen MR) is 117 cm³/mol. The zero-order valence-electron chi connectivity index (χ0n) is 18.2. The lowest BCUT2D eigenvalue weighted by Crippen LogP contribution is -2.43. The van der Waals surface area contributed by atoms with Crippen LogP contribution >= 0.6 is 0 Å². The van der Waals surface area contributed by atoms with Gasteiger partial charge in [-0.1, -0.05) is 0 Å². The number of rotatable bonds is 9. The van der Waals surface area contributed by atoms with E-state index in [1.807, 2.05) is 20.8 Å². The molecule has 1 aromatic carbocycles. The van der Waals surface area contributed by atoms with Crippen molar-refractivity contribution >= 4 is 21.6 Å². The normalized spacial score (nSPS) is 17.3. The molecule has 2 aromatic rings. The Labute approximate surface area is 183 Å². The smallest absolute Gasteiger partial charge is 0.262 e. The number of aromatic nitrogens is 2. The molecular formula is C21H30N4O5S. The molecule has 1 aromatic heterocycles. The summed E-state index contributed by atoms with van der Waals surface area (Å²) >= 11 is 0. The van der Waals surface area contributed by atoms with Gasteiger partial charge in [0, 0.05) is 31.9 Å². The minimum Gasteiger partial charge on any atom is -0.494 e. The molecule has 1 aliphatic heterocycles. The summed E-state index contributed by atoms with van der Waals surface area (Å²) in [5.41, 5.74) is 0.513. The third-order valence-electron chi connectivity index (χ3n) is 5.15. The molecule has 0 unspecified atom stereocenters. The first-order valence-electron chi connectivity index (χ1n) is 10.6. The minimum absolute atomic E-state index is 0.0125. The quantitative estimate of drug-likeness (QED) is 0.630. The van der Waals surface area contributed by atoms with E-state index in [2.05, 4.69) is 10.3 Å². The highest BCUT2D eigenvalue weighted by Crippen LogP contribution is 2.31. The van der Waals surface area contributed by atoms with Crippen LogP contribution in [0.15, 0.2) is 35.7 Å². The van der Waals surface area contributed by atoms with E-state index in [1.165, 1.54) is 16.8 Å². The second kappa shape index (κ2) is 10.1. The van der Waals surface area contributed by atoms with Gasteiger partial charge in [-0.25, -0.2) is 13.4 Å². The molecule has 0 radical (unpaired) electrons. The number of anilines is 1. The first-order valence-corrected chi connectivity index (χ1v) is 12.0. The lowest BCUT2D eigenvalue weighted by Gasteiger charge is -2.30. The maximum Gasteiger partial charge on any atom is 0.262 e. The van der Waals surface area contributed by atoms with E-state index in [-0.39, 0.29) is 17.5 Å². The van der Waals surface area contributed by atoms with Crippen molar-refractivity contribution in [3.63, 3.8) is 0 Å². The Bertz CT molecular complexity index is 1000. The van der Waals surface area contributed by atoms with E-state index >= 15 is 0 Å². The molecule has 3 rings (SSSR count). The number of ether oxygens (including phenoxy) is 2. The maximum absolute atomic E-state index is 13.0. The number of hydrogen-bond acceptors (Lipinski definition) is 6. The van der Waals surface area contributed by atoms with Crippen molar-refractivity contribution in [3.05, 3.63) is 30.7 Å². The van der Waals surface area contributed by atoms with Crippen LogP contribution in [0, 0.1) is 5.92 Å². The van der Waals surface area contributed by atoms with E-state index in [4.69, 9.17) is 9.47 Å². The Hall–Kier alpha value is -2.59. The largest absolute Gasteiger partial charge is 0.494 e. The van der Waals surface area contributed by atoms with E-state index in [0.717, 1.165) is 0 Å². The highest BCUT2D eigenvalue weighted by atomic mass is 32.2. The second-order valence-electron chi connectivity index (χ2n) is 7.26. The second-order valence-corrected chi connectivity index (χ2v) is 9.14. The van der Waals surface area contributed by atoms with Gasteiger partial charge < -0.3 is 19.4 Å². The lowest BCUT2D eigenvalue weighted by atomic mass is 9.98. The number of hydrogen-bond donors (Lipinski definition) is 1. The third kappa shape index (κ3) is 5.37. The Kier molecular flexibility index (Phi) is 7.55. The number of carbonyl (C=O) groups is 1. The number of carbonyl (C=O) groups excluding carboxylic acids is 1. The predicted octanol–water partition coefficient (Wildman–Crippen LogP) is 2.74. The number of benzene rings is 1. The fourth-order valence-electron chi connectivity index (χ4n) is 3.53. The van der Waals surface area contributed by atoms with Gasteiger partial charge in [0.15, 0.2) is 5.03 Å². The zero-order valence-corrected chi connectivity index (χ0v) is 19.0. The molecule has 1 N–H and O–H groups in total. The first-order chi connectivity index (χ1) is 14.9.